The SMILES string of the molecule is Cc1cc(NCC(O)C2CCOCC2)c2cc(F)ccc2n1. The predicted octanol–water partition coefficient (Wildman–Crippen LogP) is 2.88. The molecule has 1 atom stereocenters. The number of anilines is 1. The van der Waals surface area contributed by atoms with Gasteiger partial charge in [-0.1, -0.05) is 0 Å². The van der Waals surface area contributed by atoms with Crippen LogP contribution in [0.2, 0.25) is 0 Å². The third-order valence-corrected chi connectivity index (χ3v) is 4.21. The number of pyridine rings is 1. The highest BCUT2D eigenvalue weighted by Crippen LogP contribution is 2.25. The molecule has 4 nitrogen and oxygen atoms in total. The van der Waals surface area contributed by atoms with E-state index in [0.29, 0.717) is 19.8 Å². The van der Waals surface area contributed by atoms with Crippen LogP contribution >= 0.6 is 0 Å². The van der Waals surface area contributed by atoms with E-state index in [1.807, 2.05) is 13.0 Å². The fourth-order valence-corrected chi connectivity index (χ4v) is 2.96. The van der Waals surface area contributed by atoms with Gasteiger partial charge >= 0.3 is 0 Å². The van der Waals surface area contributed by atoms with E-state index in [0.717, 1.165) is 35.1 Å². The molecule has 2 aromatic rings. The van der Waals surface area contributed by atoms with Gasteiger partial charge in [0.25, 0.3) is 0 Å². The lowest BCUT2D eigenvalue weighted by atomic mass is 9.94. The first-order valence-corrected chi connectivity index (χ1v) is 7.70. The van der Waals surface area contributed by atoms with Gasteiger partial charge in [-0.05, 0) is 49.9 Å². The van der Waals surface area contributed by atoms with Crippen LogP contribution in [-0.4, -0.2) is 36.0 Å². The summed E-state index contributed by atoms with van der Waals surface area (Å²) in [5.41, 5.74) is 2.43. The molecule has 1 unspecified atom stereocenters. The van der Waals surface area contributed by atoms with Crippen LogP contribution in [0.25, 0.3) is 10.9 Å². The molecule has 0 bridgehead atoms. The average molecular weight is 304 g/mol. The summed E-state index contributed by atoms with van der Waals surface area (Å²) in [6.45, 7) is 3.77. The van der Waals surface area contributed by atoms with E-state index < -0.39 is 6.10 Å². The van der Waals surface area contributed by atoms with Crippen molar-refractivity contribution in [1.82, 2.24) is 4.98 Å². The quantitative estimate of drug-likeness (QED) is 0.912. The van der Waals surface area contributed by atoms with Gasteiger partial charge in [0.05, 0.1) is 11.6 Å². The fourth-order valence-electron chi connectivity index (χ4n) is 2.96. The highest BCUT2D eigenvalue weighted by atomic mass is 19.1. The van der Waals surface area contributed by atoms with Gasteiger partial charge in [-0.25, -0.2) is 4.39 Å². The minimum atomic E-state index is -0.430. The summed E-state index contributed by atoms with van der Waals surface area (Å²) < 4.78 is 18.8. The molecule has 3 rings (SSSR count). The van der Waals surface area contributed by atoms with E-state index in [9.17, 15) is 9.50 Å². The Morgan fingerprint density at radius 2 is 2.14 bits per heavy atom. The Morgan fingerprint density at radius 3 is 2.91 bits per heavy atom. The number of halogens is 1. The van der Waals surface area contributed by atoms with E-state index in [1.165, 1.54) is 12.1 Å². The van der Waals surface area contributed by atoms with Gasteiger partial charge in [-0.2, -0.15) is 0 Å². The van der Waals surface area contributed by atoms with Crippen LogP contribution in [0.15, 0.2) is 24.3 Å². The van der Waals surface area contributed by atoms with Gasteiger partial charge in [-0.3, -0.25) is 4.98 Å². The number of aliphatic hydroxyl groups excluding tert-OH is 1. The van der Waals surface area contributed by atoms with Crippen molar-refractivity contribution in [1.29, 1.82) is 0 Å². The topological polar surface area (TPSA) is 54.4 Å². The zero-order valence-corrected chi connectivity index (χ0v) is 12.7. The number of nitrogens with one attached hydrogen (secondary N) is 1. The molecule has 22 heavy (non-hydrogen) atoms. The van der Waals surface area contributed by atoms with E-state index >= 15 is 0 Å². The van der Waals surface area contributed by atoms with E-state index in [1.54, 1.807) is 6.07 Å². The molecule has 5 heteroatoms. The van der Waals surface area contributed by atoms with Crippen molar-refractivity contribution in [2.45, 2.75) is 25.9 Å². The van der Waals surface area contributed by atoms with Gasteiger partial charge in [0, 0.05) is 36.5 Å². The molecule has 1 fully saturated rings. The molecule has 1 aromatic carbocycles. The number of aromatic nitrogens is 1. The number of benzene rings is 1. The minimum Gasteiger partial charge on any atom is -0.391 e. The Labute approximate surface area is 129 Å². The van der Waals surface area contributed by atoms with Gasteiger partial charge < -0.3 is 15.2 Å². The largest absolute Gasteiger partial charge is 0.391 e. The molecule has 0 saturated carbocycles. The Kier molecular flexibility index (Phi) is 4.55. The van der Waals surface area contributed by atoms with Gasteiger partial charge in [0.2, 0.25) is 0 Å². The fraction of sp³-hybridized carbons (Fsp3) is 0.471. The third-order valence-electron chi connectivity index (χ3n) is 4.21. The van der Waals surface area contributed by atoms with Gasteiger partial charge in [-0.15, -0.1) is 0 Å². The maximum atomic E-state index is 13.5. The Bertz CT molecular complexity index is 656. The number of nitrogens with zero attached hydrogens (tertiary/aromatic N) is 1. The number of rotatable bonds is 4. The molecule has 1 aliphatic rings. The van der Waals surface area contributed by atoms with Crippen molar-refractivity contribution < 1.29 is 14.2 Å². The third kappa shape index (κ3) is 3.36. The van der Waals surface area contributed by atoms with Crippen molar-refractivity contribution >= 4 is 16.6 Å². The van der Waals surface area contributed by atoms with E-state index in [2.05, 4.69) is 10.3 Å². The number of aliphatic hydroxyl groups is 1. The Balaban J connectivity index is 1.76. The first-order chi connectivity index (χ1) is 10.6. The summed E-state index contributed by atoms with van der Waals surface area (Å²) in [6.07, 6.45) is 1.34. The Morgan fingerprint density at radius 1 is 1.36 bits per heavy atom. The molecule has 0 aliphatic carbocycles. The molecule has 1 aromatic heterocycles. The van der Waals surface area contributed by atoms with Crippen molar-refractivity contribution in [3.05, 3.63) is 35.8 Å². The van der Waals surface area contributed by atoms with Crippen LogP contribution in [0.5, 0.6) is 0 Å². The molecule has 0 spiro atoms. The second-order valence-corrected chi connectivity index (χ2v) is 5.87. The van der Waals surface area contributed by atoms with Crippen LogP contribution in [0.3, 0.4) is 0 Å². The molecule has 1 aliphatic heterocycles. The molecule has 2 N–H and O–H groups in total. The van der Waals surface area contributed by atoms with Crippen molar-refractivity contribution in [3.63, 3.8) is 0 Å². The number of hydrogen-bond acceptors (Lipinski definition) is 4. The van der Waals surface area contributed by atoms with Crippen LogP contribution in [-0.2, 0) is 4.74 Å². The lowest BCUT2D eigenvalue weighted by molar-refractivity contribution is 0.0131. The van der Waals surface area contributed by atoms with Crippen molar-refractivity contribution in [2.24, 2.45) is 5.92 Å². The first kappa shape index (κ1) is 15.2. The molecule has 118 valence electrons. The lowest BCUT2D eigenvalue weighted by Crippen LogP contribution is -2.32. The number of hydrogen-bond donors (Lipinski definition) is 2. The second kappa shape index (κ2) is 6.58. The van der Waals surface area contributed by atoms with Crippen LogP contribution < -0.4 is 5.32 Å². The maximum Gasteiger partial charge on any atom is 0.124 e. The normalized spacial score (nSPS) is 17.6. The van der Waals surface area contributed by atoms with Crippen LogP contribution in [0, 0.1) is 18.7 Å². The minimum absolute atomic E-state index is 0.257. The molecular weight excluding hydrogens is 283 g/mol. The molecule has 0 amide bonds. The molecule has 1 saturated heterocycles. The smallest absolute Gasteiger partial charge is 0.124 e. The highest BCUT2D eigenvalue weighted by Gasteiger charge is 2.22. The maximum absolute atomic E-state index is 13.5. The second-order valence-electron chi connectivity index (χ2n) is 5.87. The number of aryl methyl sites for hydroxylation is 1. The highest BCUT2D eigenvalue weighted by molar-refractivity contribution is 5.91. The summed E-state index contributed by atoms with van der Waals surface area (Å²) in [7, 11) is 0. The van der Waals surface area contributed by atoms with E-state index in [4.69, 9.17) is 4.74 Å². The summed E-state index contributed by atoms with van der Waals surface area (Å²) in [5.74, 6) is -0.0293. The van der Waals surface area contributed by atoms with Gasteiger partial charge in [0.15, 0.2) is 0 Å². The van der Waals surface area contributed by atoms with E-state index in [-0.39, 0.29) is 11.7 Å². The number of fused-ring (bicyclic) bond motifs is 1. The van der Waals surface area contributed by atoms with Crippen molar-refractivity contribution in [3.8, 4) is 0 Å². The summed E-state index contributed by atoms with van der Waals surface area (Å²) in [6, 6.07) is 6.45. The standard InChI is InChI=1S/C17H21FN2O2/c1-11-8-16(14-9-13(18)2-3-15(14)20-11)19-10-17(21)12-4-6-22-7-5-12/h2-3,8-9,12,17,21H,4-7,10H2,1H3,(H,19,20). The van der Waals surface area contributed by atoms with Crippen molar-refractivity contribution in [2.75, 3.05) is 25.1 Å². The first-order valence-electron chi connectivity index (χ1n) is 7.70. The summed E-state index contributed by atoms with van der Waals surface area (Å²) in [5, 5.41) is 14.3. The molecule has 0 radical (unpaired) electrons. The zero-order valence-electron chi connectivity index (χ0n) is 12.7. The Hall–Kier alpha value is -1.72. The summed E-state index contributed by atoms with van der Waals surface area (Å²) >= 11 is 0. The number of ether oxygens (including phenoxy) is 1. The average Bonchev–Trinajstić information content (AvgIpc) is 2.53. The molecular formula is C17H21FN2O2. The monoisotopic (exact) mass is 304 g/mol. The lowest BCUT2D eigenvalue weighted by Gasteiger charge is -2.27. The van der Waals surface area contributed by atoms with Crippen LogP contribution in [0.4, 0.5) is 10.1 Å². The summed E-state index contributed by atoms with van der Waals surface area (Å²) in [4.78, 5) is 4.41. The van der Waals surface area contributed by atoms with Gasteiger partial charge in [0.1, 0.15) is 5.82 Å². The zero-order chi connectivity index (χ0) is 15.5. The van der Waals surface area contributed by atoms with Crippen LogP contribution in [0.1, 0.15) is 18.5 Å². The molecule has 2 heterocycles. The predicted molar refractivity (Wildman–Crippen MR) is 84.5 cm³/mol.